The van der Waals surface area contributed by atoms with E-state index in [0.717, 1.165) is 25.6 Å². The number of imidazole rings is 1. The van der Waals surface area contributed by atoms with Gasteiger partial charge in [-0.05, 0) is 18.9 Å². The predicted molar refractivity (Wildman–Crippen MR) is 59.1 cm³/mol. The Morgan fingerprint density at radius 1 is 1.50 bits per heavy atom. The smallest absolute Gasteiger partial charge is 0.0948 e. The molecule has 80 valence electrons. The van der Waals surface area contributed by atoms with Gasteiger partial charge in [0.15, 0.2) is 0 Å². The van der Waals surface area contributed by atoms with Gasteiger partial charge in [-0.25, -0.2) is 4.98 Å². The second-order valence-corrected chi connectivity index (χ2v) is 4.04. The Labute approximate surface area is 86.5 Å². The molecule has 1 aromatic heterocycles. The van der Waals surface area contributed by atoms with Crippen LogP contribution in [-0.4, -0.2) is 16.1 Å². The summed E-state index contributed by atoms with van der Waals surface area (Å²) in [7, 11) is 0. The van der Waals surface area contributed by atoms with Crippen molar-refractivity contribution in [2.24, 2.45) is 5.92 Å². The molecule has 0 fully saturated rings. The summed E-state index contributed by atoms with van der Waals surface area (Å²) < 4.78 is 2.24. The zero-order valence-electron chi connectivity index (χ0n) is 9.45. The van der Waals surface area contributed by atoms with Crippen molar-refractivity contribution in [2.75, 3.05) is 6.54 Å². The van der Waals surface area contributed by atoms with E-state index in [1.54, 1.807) is 0 Å². The van der Waals surface area contributed by atoms with Gasteiger partial charge in [0.25, 0.3) is 0 Å². The number of aromatic nitrogens is 2. The lowest BCUT2D eigenvalue weighted by molar-refractivity contribution is 0.501. The van der Waals surface area contributed by atoms with Crippen LogP contribution in [0.2, 0.25) is 0 Å². The first-order valence-electron chi connectivity index (χ1n) is 5.43. The molecule has 1 heterocycles. The average molecular weight is 195 g/mol. The van der Waals surface area contributed by atoms with Crippen LogP contribution in [0.4, 0.5) is 0 Å². The molecule has 3 nitrogen and oxygen atoms in total. The molecule has 1 N–H and O–H groups in total. The second-order valence-electron chi connectivity index (χ2n) is 4.04. The number of hydrogen-bond acceptors (Lipinski definition) is 2. The Morgan fingerprint density at radius 3 is 2.93 bits per heavy atom. The molecule has 0 radical (unpaired) electrons. The Kier molecular flexibility index (Phi) is 4.66. The number of aryl methyl sites for hydroxylation is 1. The van der Waals surface area contributed by atoms with Crippen molar-refractivity contribution in [3.05, 3.63) is 18.2 Å². The van der Waals surface area contributed by atoms with E-state index in [0.29, 0.717) is 0 Å². The zero-order chi connectivity index (χ0) is 10.4. The molecule has 0 atom stereocenters. The van der Waals surface area contributed by atoms with E-state index >= 15 is 0 Å². The van der Waals surface area contributed by atoms with Gasteiger partial charge in [-0.2, -0.15) is 0 Å². The maximum atomic E-state index is 4.18. The summed E-state index contributed by atoms with van der Waals surface area (Å²) in [6, 6.07) is 0. The lowest BCUT2D eigenvalue weighted by Gasteiger charge is -2.09. The third-order valence-electron chi connectivity index (χ3n) is 2.30. The molecular formula is C11H21N3. The van der Waals surface area contributed by atoms with Crippen LogP contribution in [0.3, 0.4) is 0 Å². The molecule has 0 saturated heterocycles. The first kappa shape index (κ1) is 11.2. The molecule has 1 aromatic rings. The van der Waals surface area contributed by atoms with Gasteiger partial charge in [-0.15, -0.1) is 0 Å². The minimum Gasteiger partial charge on any atom is -0.333 e. The van der Waals surface area contributed by atoms with Gasteiger partial charge in [0.2, 0.25) is 0 Å². The van der Waals surface area contributed by atoms with E-state index in [-0.39, 0.29) is 0 Å². The molecule has 0 aliphatic rings. The molecule has 0 unspecified atom stereocenters. The minimum atomic E-state index is 0.754. The predicted octanol–water partition coefficient (Wildman–Crippen LogP) is 2.04. The molecule has 0 aliphatic heterocycles. The van der Waals surface area contributed by atoms with Crippen molar-refractivity contribution in [1.29, 1.82) is 0 Å². The van der Waals surface area contributed by atoms with Gasteiger partial charge in [-0.1, -0.05) is 20.8 Å². The van der Waals surface area contributed by atoms with Crippen LogP contribution in [0.25, 0.3) is 0 Å². The van der Waals surface area contributed by atoms with E-state index in [1.807, 2.05) is 12.5 Å². The van der Waals surface area contributed by atoms with Crippen molar-refractivity contribution >= 4 is 0 Å². The van der Waals surface area contributed by atoms with Gasteiger partial charge >= 0.3 is 0 Å². The van der Waals surface area contributed by atoms with Gasteiger partial charge in [0.05, 0.1) is 12.0 Å². The highest BCUT2D eigenvalue weighted by Crippen LogP contribution is 2.05. The van der Waals surface area contributed by atoms with Crippen molar-refractivity contribution < 1.29 is 0 Å². The quantitative estimate of drug-likeness (QED) is 0.752. The summed E-state index contributed by atoms with van der Waals surface area (Å²) in [5.41, 5.74) is 1.28. The third-order valence-corrected chi connectivity index (χ3v) is 2.30. The van der Waals surface area contributed by atoms with Crippen molar-refractivity contribution in [2.45, 2.75) is 40.3 Å². The molecule has 3 heteroatoms. The number of nitrogens with one attached hydrogen (secondary N) is 1. The molecule has 1 rings (SSSR count). The van der Waals surface area contributed by atoms with Crippen LogP contribution in [0.5, 0.6) is 0 Å². The molecule has 14 heavy (non-hydrogen) atoms. The molecule has 0 aliphatic carbocycles. The van der Waals surface area contributed by atoms with E-state index in [4.69, 9.17) is 0 Å². The van der Waals surface area contributed by atoms with E-state index < -0.39 is 0 Å². The fourth-order valence-corrected chi connectivity index (χ4v) is 1.35. The van der Waals surface area contributed by atoms with Gasteiger partial charge in [0.1, 0.15) is 0 Å². The highest BCUT2D eigenvalue weighted by Gasteiger charge is 2.01. The zero-order valence-corrected chi connectivity index (χ0v) is 9.45. The van der Waals surface area contributed by atoms with Crippen LogP contribution in [0.15, 0.2) is 12.5 Å². The number of nitrogens with zero attached hydrogens (tertiary/aromatic N) is 2. The molecular weight excluding hydrogens is 174 g/mol. The Bertz CT molecular complexity index is 253. The SMILES string of the molecule is CCNCc1cncn1CCC(C)C. The fraction of sp³-hybridized carbons (Fsp3) is 0.727. The number of hydrogen-bond donors (Lipinski definition) is 1. The van der Waals surface area contributed by atoms with E-state index in [2.05, 4.69) is 35.6 Å². The van der Waals surface area contributed by atoms with Crippen LogP contribution < -0.4 is 5.32 Å². The second kappa shape index (κ2) is 5.81. The molecule has 0 aromatic carbocycles. The maximum absolute atomic E-state index is 4.18. The largest absolute Gasteiger partial charge is 0.333 e. The van der Waals surface area contributed by atoms with Crippen LogP contribution in [0, 0.1) is 5.92 Å². The lowest BCUT2D eigenvalue weighted by atomic mass is 10.1. The Morgan fingerprint density at radius 2 is 2.29 bits per heavy atom. The van der Waals surface area contributed by atoms with Crippen molar-refractivity contribution in [1.82, 2.24) is 14.9 Å². The van der Waals surface area contributed by atoms with Crippen LogP contribution in [-0.2, 0) is 13.1 Å². The van der Waals surface area contributed by atoms with Crippen molar-refractivity contribution in [3.63, 3.8) is 0 Å². The van der Waals surface area contributed by atoms with Gasteiger partial charge in [-0.3, -0.25) is 0 Å². The monoisotopic (exact) mass is 195 g/mol. The Balaban J connectivity index is 2.45. The summed E-state index contributed by atoms with van der Waals surface area (Å²) in [5.74, 6) is 0.754. The van der Waals surface area contributed by atoms with Crippen LogP contribution in [0.1, 0.15) is 32.9 Å². The number of rotatable bonds is 6. The molecule has 0 saturated carbocycles. The first-order chi connectivity index (χ1) is 6.74. The topological polar surface area (TPSA) is 29.9 Å². The average Bonchev–Trinajstić information content (AvgIpc) is 2.58. The highest BCUT2D eigenvalue weighted by molar-refractivity contribution is 4.97. The van der Waals surface area contributed by atoms with Crippen molar-refractivity contribution in [3.8, 4) is 0 Å². The summed E-state index contributed by atoms with van der Waals surface area (Å²) in [5, 5.41) is 3.32. The minimum absolute atomic E-state index is 0.754. The summed E-state index contributed by atoms with van der Waals surface area (Å²) in [4.78, 5) is 4.18. The summed E-state index contributed by atoms with van der Waals surface area (Å²) >= 11 is 0. The van der Waals surface area contributed by atoms with Crippen LogP contribution >= 0.6 is 0 Å². The van der Waals surface area contributed by atoms with Gasteiger partial charge < -0.3 is 9.88 Å². The maximum Gasteiger partial charge on any atom is 0.0948 e. The summed E-state index contributed by atoms with van der Waals surface area (Å²) in [6.07, 6.45) is 5.09. The summed E-state index contributed by atoms with van der Waals surface area (Å²) in [6.45, 7) is 9.64. The first-order valence-corrected chi connectivity index (χ1v) is 5.43. The lowest BCUT2D eigenvalue weighted by Crippen LogP contribution is -2.15. The molecule has 0 amide bonds. The molecule has 0 spiro atoms. The highest BCUT2D eigenvalue weighted by atomic mass is 15.1. The van der Waals surface area contributed by atoms with E-state index in [1.165, 1.54) is 12.1 Å². The van der Waals surface area contributed by atoms with Gasteiger partial charge in [0, 0.05) is 19.3 Å². The fourth-order valence-electron chi connectivity index (χ4n) is 1.35. The standard InChI is InChI=1S/C11H21N3/c1-4-12-7-11-8-13-9-14(11)6-5-10(2)3/h8-10,12H,4-7H2,1-3H3. The Hall–Kier alpha value is -0.830. The normalized spacial score (nSPS) is 11.1. The van der Waals surface area contributed by atoms with E-state index in [9.17, 15) is 0 Å². The molecule has 0 bridgehead atoms. The third kappa shape index (κ3) is 3.50.